The number of hydrogen-bond acceptors (Lipinski definition) is 6. The number of nitrogens with zero attached hydrogens (tertiary/aromatic N) is 4. The van der Waals surface area contributed by atoms with Crippen LogP contribution in [0.3, 0.4) is 0 Å². The first kappa shape index (κ1) is 15.1. The summed E-state index contributed by atoms with van der Waals surface area (Å²) >= 11 is 0. The molecular formula is C16H24N4O3. The van der Waals surface area contributed by atoms with Crippen molar-refractivity contribution in [1.82, 2.24) is 19.9 Å². The molecule has 0 unspecified atom stereocenters. The van der Waals surface area contributed by atoms with E-state index in [1.807, 2.05) is 4.90 Å². The van der Waals surface area contributed by atoms with Gasteiger partial charge in [-0.3, -0.25) is 9.69 Å². The number of hydrogen-bond donors (Lipinski definition) is 0. The Labute approximate surface area is 136 Å². The van der Waals surface area contributed by atoms with Gasteiger partial charge >= 0.3 is 0 Å². The van der Waals surface area contributed by atoms with Crippen LogP contribution in [-0.4, -0.2) is 64.7 Å². The zero-order valence-electron chi connectivity index (χ0n) is 13.4. The van der Waals surface area contributed by atoms with Crippen LogP contribution in [0.25, 0.3) is 0 Å². The second-order valence-electron chi connectivity index (χ2n) is 6.82. The van der Waals surface area contributed by atoms with Crippen LogP contribution in [0.2, 0.25) is 0 Å². The third-order valence-electron chi connectivity index (χ3n) is 5.23. The fraction of sp³-hybridized carbons (Fsp3) is 0.812. The summed E-state index contributed by atoms with van der Waals surface area (Å²) < 4.78 is 10.8. The quantitative estimate of drug-likeness (QED) is 0.829. The van der Waals surface area contributed by atoms with Crippen LogP contribution in [0.1, 0.15) is 49.7 Å². The molecule has 23 heavy (non-hydrogen) atoms. The molecule has 7 heteroatoms. The highest BCUT2D eigenvalue weighted by Crippen LogP contribution is 2.33. The van der Waals surface area contributed by atoms with E-state index < -0.39 is 0 Å². The Morgan fingerprint density at radius 2 is 1.96 bits per heavy atom. The Morgan fingerprint density at radius 3 is 2.74 bits per heavy atom. The van der Waals surface area contributed by atoms with Gasteiger partial charge < -0.3 is 14.2 Å². The molecule has 1 aromatic rings. The fourth-order valence-corrected chi connectivity index (χ4v) is 3.92. The maximum atomic E-state index is 12.3. The van der Waals surface area contributed by atoms with Crippen molar-refractivity contribution >= 4 is 5.91 Å². The maximum Gasteiger partial charge on any atom is 0.232 e. The number of carbonyl (C=O) groups excluding carboxylic acids is 1. The first-order valence-electron chi connectivity index (χ1n) is 8.71. The minimum Gasteiger partial charge on any atom is -0.379 e. The summed E-state index contributed by atoms with van der Waals surface area (Å²) in [6.07, 6.45) is 5.28. The third-order valence-corrected chi connectivity index (χ3v) is 5.23. The lowest BCUT2D eigenvalue weighted by Gasteiger charge is -2.24. The summed E-state index contributed by atoms with van der Waals surface area (Å²) in [5.74, 6) is 1.65. The molecule has 0 radical (unpaired) electrons. The summed E-state index contributed by atoms with van der Waals surface area (Å²) in [6.45, 7) is 4.77. The molecule has 1 aliphatic carbocycles. The van der Waals surface area contributed by atoms with Crippen molar-refractivity contribution in [2.45, 2.75) is 50.6 Å². The lowest BCUT2D eigenvalue weighted by molar-refractivity contribution is -0.129. The maximum absolute atomic E-state index is 12.3. The zero-order valence-corrected chi connectivity index (χ0v) is 13.4. The number of rotatable bonds is 4. The van der Waals surface area contributed by atoms with E-state index in [2.05, 4.69) is 15.0 Å². The molecular weight excluding hydrogens is 296 g/mol. The van der Waals surface area contributed by atoms with Crippen molar-refractivity contribution in [3.63, 3.8) is 0 Å². The molecule has 3 aliphatic rings. The summed E-state index contributed by atoms with van der Waals surface area (Å²) in [5.41, 5.74) is 0. The van der Waals surface area contributed by atoms with E-state index in [0.29, 0.717) is 30.7 Å². The van der Waals surface area contributed by atoms with E-state index in [1.165, 1.54) is 12.8 Å². The molecule has 1 amide bonds. The van der Waals surface area contributed by atoms with Gasteiger partial charge in [-0.25, -0.2) is 0 Å². The minimum atomic E-state index is 0.0639. The van der Waals surface area contributed by atoms with Gasteiger partial charge in [-0.1, -0.05) is 18.0 Å². The first-order valence-corrected chi connectivity index (χ1v) is 8.71. The zero-order chi connectivity index (χ0) is 15.6. The lowest BCUT2D eigenvalue weighted by atomic mass is 10.1. The lowest BCUT2D eigenvalue weighted by Crippen LogP contribution is -2.35. The number of aromatic nitrogens is 2. The van der Waals surface area contributed by atoms with Gasteiger partial charge in [-0.05, 0) is 12.8 Å². The van der Waals surface area contributed by atoms with Gasteiger partial charge in [-0.2, -0.15) is 4.98 Å². The summed E-state index contributed by atoms with van der Waals surface area (Å²) in [5, 5.41) is 4.10. The smallest absolute Gasteiger partial charge is 0.232 e. The topological polar surface area (TPSA) is 71.7 Å². The molecule has 4 rings (SSSR count). The van der Waals surface area contributed by atoms with Crippen LogP contribution >= 0.6 is 0 Å². The van der Waals surface area contributed by atoms with Crippen LogP contribution in [0.4, 0.5) is 0 Å². The van der Waals surface area contributed by atoms with Gasteiger partial charge in [0.25, 0.3) is 0 Å². The SMILES string of the molecule is O=C1C[C@H](c2nc(CN3CCOCC3)no2)CN1C1CCCC1. The van der Waals surface area contributed by atoms with E-state index in [4.69, 9.17) is 9.26 Å². The molecule has 3 fully saturated rings. The summed E-state index contributed by atoms with van der Waals surface area (Å²) in [6, 6.07) is 0.434. The van der Waals surface area contributed by atoms with Gasteiger partial charge in [0.1, 0.15) is 0 Å². The predicted molar refractivity (Wildman–Crippen MR) is 81.7 cm³/mol. The summed E-state index contributed by atoms with van der Waals surface area (Å²) in [4.78, 5) is 21.1. The van der Waals surface area contributed by atoms with Crippen molar-refractivity contribution in [1.29, 1.82) is 0 Å². The second-order valence-corrected chi connectivity index (χ2v) is 6.82. The highest BCUT2D eigenvalue weighted by molar-refractivity contribution is 5.79. The Kier molecular flexibility index (Phi) is 4.31. The van der Waals surface area contributed by atoms with Crippen molar-refractivity contribution < 1.29 is 14.1 Å². The van der Waals surface area contributed by atoms with Crippen molar-refractivity contribution in [3.05, 3.63) is 11.7 Å². The highest BCUT2D eigenvalue weighted by Gasteiger charge is 2.38. The monoisotopic (exact) mass is 320 g/mol. The van der Waals surface area contributed by atoms with Crippen molar-refractivity contribution in [2.24, 2.45) is 0 Å². The standard InChI is InChI=1S/C16H24N4O3/c21-15-9-12(10-20(15)13-3-1-2-4-13)16-17-14(18-23-16)11-19-5-7-22-8-6-19/h12-13H,1-11H2/t12-/m0/s1. The number of carbonyl (C=O) groups is 1. The highest BCUT2D eigenvalue weighted by atomic mass is 16.5. The van der Waals surface area contributed by atoms with Crippen molar-refractivity contribution in [3.8, 4) is 0 Å². The molecule has 2 saturated heterocycles. The summed E-state index contributed by atoms with van der Waals surface area (Å²) in [7, 11) is 0. The molecule has 2 aliphatic heterocycles. The molecule has 126 valence electrons. The van der Waals surface area contributed by atoms with Gasteiger partial charge in [-0.15, -0.1) is 0 Å². The molecule has 7 nitrogen and oxygen atoms in total. The Balaban J connectivity index is 1.37. The predicted octanol–water partition coefficient (Wildman–Crippen LogP) is 1.16. The molecule has 3 heterocycles. The molecule has 1 atom stereocenters. The van der Waals surface area contributed by atoms with Gasteiger partial charge in [0.05, 0.1) is 25.7 Å². The van der Waals surface area contributed by atoms with Crippen molar-refractivity contribution in [2.75, 3.05) is 32.8 Å². The number of likely N-dealkylation sites (tertiary alicyclic amines) is 1. The molecule has 0 bridgehead atoms. The number of amides is 1. The largest absolute Gasteiger partial charge is 0.379 e. The minimum absolute atomic E-state index is 0.0639. The Bertz CT molecular complexity index is 549. The van der Waals surface area contributed by atoms with Gasteiger partial charge in [0.15, 0.2) is 5.82 Å². The van der Waals surface area contributed by atoms with E-state index in [-0.39, 0.29) is 11.8 Å². The van der Waals surface area contributed by atoms with E-state index in [9.17, 15) is 4.79 Å². The van der Waals surface area contributed by atoms with Crippen LogP contribution in [0.15, 0.2) is 4.52 Å². The molecule has 1 aromatic heterocycles. The van der Waals surface area contributed by atoms with Gasteiger partial charge in [0, 0.05) is 32.1 Å². The van der Waals surface area contributed by atoms with Crippen LogP contribution in [-0.2, 0) is 16.1 Å². The first-order chi connectivity index (χ1) is 11.3. The fourth-order valence-electron chi connectivity index (χ4n) is 3.92. The molecule has 0 N–H and O–H groups in total. The average Bonchev–Trinajstić information content (AvgIpc) is 3.28. The molecule has 0 spiro atoms. The third kappa shape index (κ3) is 3.26. The van der Waals surface area contributed by atoms with E-state index in [1.54, 1.807) is 0 Å². The van der Waals surface area contributed by atoms with E-state index in [0.717, 1.165) is 45.7 Å². The average molecular weight is 320 g/mol. The van der Waals surface area contributed by atoms with Gasteiger partial charge in [0.2, 0.25) is 11.8 Å². The second kappa shape index (κ2) is 6.57. The molecule has 0 aromatic carbocycles. The Morgan fingerprint density at radius 1 is 1.17 bits per heavy atom. The normalized spacial score (nSPS) is 27.2. The number of ether oxygens (including phenoxy) is 1. The van der Waals surface area contributed by atoms with Crippen LogP contribution in [0.5, 0.6) is 0 Å². The molecule has 1 saturated carbocycles. The van der Waals surface area contributed by atoms with Crippen LogP contribution in [0, 0.1) is 0 Å². The van der Waals surface area contributed by atoms with E-state index >= 15 is 0 Å². The Hall–Kier alpha value is -1.47. The number of morpholine rings is 1. The van der Waals surface area contributed by atoms with Crippen LogP contribution < -0.4 is 0 Å².